The number of aliphatic hydroxyl groups excluding tert-OH is 1. The van der Waals surface area contributed by atoms with Crippen LogP contribution in [0.2, 0.25) is 0 Å². The van der Waals surface area contributed by atoms with E-state index < -0.39 is 11.2 Å². The van der Waals surface area contributed by atoms with Crippen molar-refractivity contribution in [3.05, 3.63) is 92.4 Å². The van der Waals surface area contributed by atoms with Gasteiger partial charge in [-0.3, -0.25) is 18.5 Å². The van der Waals surface area contributed by atoms with Gasteiger partial charge in [0.1, 0.15) is 5.75 Å². The molecule has 9 heteroatoms. The summed E-state index contributed by atoms with van der Waals surface area (Å²) in [5.74, 6) is 0.303. The van der Waals surface area contributed by atoms with Crippen LogP contribution in [0.3, 0.4) is 0 Å². The third-order valence-electron chi connectivity index (χ3n) is 5.11. The zero-order chi connectivity index (χ0) is 22.7. The standard InChI is InChI=1S/C23H21N5O4/c1-24-17-11-6-7-12-18(17)32-22-25-20-19(28(22)15-16-9-4-3-5-10-16)21(30)27(13-8-14-29)23(31)26(20)2/h3-7,9-12,29H,8,13-15H2,2H3. The van der Waals surface area contributed by atoms with Crippen LogP contribution in [-0.4, -0.2) is 30.4 Å². The fourth-order valence-corrected chi connectivity index (χ4v) is 3.50. The lowest BCUT2D eigenvalue weighted by molar-refractivity contribution is 0.277. The summed E-state index contributed by atoms with van der Waals surface area (Å²) in [6, 6.07) is 16.4. The minimum atomic E-state index is -0.520. The number of rotatable bonds is 7. The Morgan fingerprint density at radius 1 is 1.06 bits per heavy atom. The second-order valence-corrected chi connectivity index (χ2v) is 7.20. The predicted molar refractivity (Wildman–Crippen MR) is 119 cm³/mol. The molecule has 0 aliphatic rings. The molecule has 1 N–H and O–H groups in total. The summed E-state index contributed by atoms with van der Waals surface area (Å²) in [6.07, 6.45) is 0.273. The van der Waals surface area contributed by atoms with Gasteiger partial charge in [-0.25, -0.2) is 9.64 Å². The van der Waals surface area contributed by atoms with E-state index in [1.165, 1.54) is 11.6 Å². The van der Waals surface area contributed by atoms with Crippen LogP contribution in [0.25, 0.3) is 16.0 Å². The van der Waals surface area contributed by atoms with E-state index in [9.17, 15) is 14.7 Å². The summed E-state index contributed by atoms with van der Waals surface area (Å²) < 4.78 is 10.00. The number of ether oxygens (including phenoxy) is 1. The van der Waals surface area contributed by atoms with Crippen LogP contribution in [0, 0.1) is 6.57 Å². The van der Waals surface area contributed by atoms with Crippen molar-refractivity contribution in [1.82, 2.24) is 18.7 Å². The van der Waals surface area contributed by atoms with E-state index in [0.29, 0.717) is 11.4 Å². The van der Waals surface area contributed by atoms with Gasteiger partial charge < -0.3 is 9.84 Å². The van der Waals surface area contributed by atoms with Crippen molar-refractivity contribution in [3.8, 4) is 11.8 Å². The number of nitrogens with zero attached hydrogens (tertiary/aromatic N) is 5. The molecule has 0 bridgehead atoms. The number of hydrogen-bond donors (Lipinski definition) is 1. The fraction of sp³-hybridized carbons (Fsp3) is 0.217. The fourth-order valence-electron chi connectivity index (χ4n) is 3.50. The molecule has 0 aliphatic heterocycles. The topological polar surface area (TPSA) is 95.6 Å². The second kappa shape index (κ2) is 8.91. The highest BCUT2D eigenvalue weighted by molar-refractivity contribution is 5.72. The number of imidazole rings is 1. The molecule has 9 nitrogen and oxygen atoms in total. The molecule has 32 heavy (non-hydrogen) atoms. The largest absolute Gasteiger partial charge is 0.437 e. The molecule has 0 atom stereocenters. The lowest BCUT2D eigenvalue weighted by atomic mass is 10.2. The number of fused-ring (bicyclic) bond motifs is 1. The maximum absolute atomic E-state index is 13.3. The lowest BCUT2D eigenvalue weighted by Crippen LogP contribution is -2.39. The molecule has 0 aliphatic carbocycles. The highest BCUT2D eigenvalue weighted by atomic mass is 16.5. The monoisotopic (exact) mass is 431 g/mol. The average Bonchev–Trinajstić information content (AvgIpc) is 3.16. The third-order valence-corrected chi connectivity index (χ3v) is 5.11. The van der Waals surface area contributed by atoms with E-state index in [-0.39, 0.29) is 43.3 Å². The summed E-state index contributed by atoms with van der Waals surface area (Å²) in [7, 11) is 1.54. The molecule has 162 valence electrons. The van der Waals surface area contributed by atoms with Crippen molar-refractivity contribution in [2.24, 2.45) is 7.05 Å². The minimum Gasteiger partial charge on any atom is -0.437 e. The summed E-state index contributed by atoms with van der Waals surface area (Å²) in [4.78, 5) is 34.0. The smallest absolute Gasteiger partial charge is 0.332 e. The van der Waals surface area contributed by atoms with Crippen LogP contribution in [-0.2, 0) is 20.1 Å². The number of para-hydroxylation sites is 2. The van der Waals surface area contributed by atoms with Crippen LogP contribution in [0.4, 0.5) is 5.69 Å². The average molecular weight is 431 g/mol. The Morgan fingerprint density at radius 3 is 2.50 bits per heavy atom. The van der Waals surface area contributed by atoms with Gasteiger partial charge in [-0.15, -0.1) is 0 Å². The van der Waals surface area contributed by atoms with E-state index in [2.05, 4.69) is 9.83 Å². The SMILES string of the molecule is [C-]#[N+]c1ccccc1Oc1nc2c(c(=O)n(CCCO)c(=O)n2C)n1Cc1ccccc1. The molecule has 0 spiro atoms. The Balaban J connectivity index is 1.96. The Hall–Kier alpha value is -4.16. The first-order valence-corrected chi connectivity index (χ1v) is 10.0. The van der Waals surface area contributed by atoms with Gasteiger partial charge in [0.25, 0.3) is 5.56 Å². The summed E-state index contributed by atoms with van der Waals surface area (Å²) in [5.41, 5.74) is 0.586. The number of aromatic nitrogens is 4. The minimum absolute atomic E-state index is 0.0885. The van der Waals surface area contributed by atoms with Crippen molar-refractivity contribution < 1.29 is 9.84 Å². The molecule has 2 heterocycles. The highest BCUT2D eigenvalue weighted by Gasteiger charge is 2.22. The third kappa shape index (κ3) is 3.79. The molecule has 0 radical (unpaired) electrons. The van der Waals surface area contributed by atoms with Gasteiger partial charge >= 0.3 is 11.7 Å². The molecule has 0 saturated carbocycles. The van der Waals surface area contributed by atoms with E-state index in [1.807, 2.05) is 30.3 Å². The van der Waals surface area contributed by atoms with Gasteiger partial charge in [-0.1, -0.05) is 48.5 Å². The maximum atomic E-state index is 13.3. The van der Waals surface area contributed by atoms with E-state index in [1.54, 1.807) is 28.8 Å². The van der Waals surface area contributed by atoms with Crippen LogP contribution >= 0.6 is 0 Å². The highest BCUT2D eigenvalue weighted by Crippen LogP contribution is 2.32. The van der Waals surface area contributed by atoms with Gasteiger partial charge in [0.05, 0.1) is 13.1 Å². The van der Waals surface area contributed by atoms with E-state index in [0.717, 1.165) is 10.1 Å². The Labute approximate surface area is 183 Å². The Kier molecular flexibility index (Phi) is 5.87. The van der Waals surface area contributed by atoms with Crippen LogP contribution in [0.5, 0.6) is 11.8 Å². The molecule has 4 aromatic rings. The maximum Gasteiger partial charge on any atom is 0.332 e. The van der Waals surface area contributed by atoms with E-state index in [4.69, 9.17) is 11.3 Å². The molecule has 0 fully saturated rings. The van der Waals surface area contributed by atoms with Gasteiger partial charge in [-0.05, 0) is 18.1 Å². The molecule has 0 amide bonds. The Bertz CT molecular complexity index is 1430. The summed E-state index contributed by atoms with van der Waals surface area (Å²) in [6.45, 7) is 7.60. The molecule has 0 saturated heterocycles. The van der Waals surface area contributed by atoms with Gasteiger partial charge in [0, 0.05) is 20.2 Å². The molecule has 2 aromatic heterocycles. The normalized spacial score (nSPS) is 10.9. The van der Waals surface area contributed by atoms with Crippen molar-refractivity contribution in [3.63, 3.8) is 0 Å². The van der Waals surface area contributed by atoms with Crippen LogP contribution in [0.1, 0.15) is 12.0 Å². The first-order valence-electron chi connectivity index (χ1n) is 10.0. The van der Waals surface area contributed by atoms with E-state index >= 15 is 0 Å². The van der Waals surface area contributed by atoms with Crippen LogP contribution in [0.15, 0.2) is 64.2 Å². The zero-order valence-corrected chi connectivity index (χ0v) is 17.4. The quantitative estimate of drug-likeness (QED) is 0.454. The zero-order valence-electron chi connectivity index (χ0n) is 17.4. The van der Waals surface area contributed by atoms with Gasteiger partial charge in [0.15, 0.2) is 11.2 Å². The molecule has 4 rings (SSSR count). The van der Waals surface area contributed by atoms with Gasteiger partial charge in [0.2, 0.25) is 5.69 Å². The molecule has 2 aromatic carbocycles. The number of hydrogen-bond acceptors (Lipinski definition) is 5. The predicted octanol–water partition coefficient (Wildman–Crippen LogP) is 2.67. The lowest BCUT2D eigenvalue weighted by Gasteiger charge is -2.12. The molecular formula is C23H21N5O4. The summed E-state index contributed by atoms with van der Waals surface area (Å²) >= 11 is 0. The van der Waals surface area contributed by atoms with Crippen molar-refractivity contribution >= 4 is 16.9 Å². The van der Waals surface area contributed by atoms with Crippen LogP contribution < -0.4 is 16.0 Å². The number of aliphatic hydroxyl groups is 1. The van der Waals surface area contributed by atoms with Crippen molar-refractivity contribution in [1.29, 1.82) is 0 Å². The van der Waals surface area contributed by atoms with Crippen molar-refractivity contribution in [2.75, 3.05) is 6.61 Å². The first-order chi connectivity index (χ1) is 15.5. The molecular weight excluding hydrogens is 410 g/mol. The number of aryl methyl sites for hydroxylation is 1. The first kappa shape index (κ1) is 21.1. The van der Waals surface area contributed by atoms with Crippen molar-refractivity contribution in [2.45, 2.75) is 19.5 Å². The van der Waals surface area contributed by atoms with Gasteiger partial charge in [-0.2, -0.15) is 4.98 Å². The Morgan fingerprint density at radius 2 is 1.78 bits per heavy atom. The number of benzene rings is 2. The summed E-state index contributed by atoms with van der Waals surface area (Å²) in [5, 5.41) is 9.17. The second-order valence-electron chi connectivity index (χ2n) is 7.20. The molecule has 0 unspecified atom stereocenters.